The average Bonchev–Trinajstić information content (AvgIpc) is 3.11. The van der Waals surface area contributed by atoms with Crippen LogP contribution >= 0.6 is 15.9 Å². The van der Waals surface area contributed by atoms with E-state index >= 15 is 0 Å². The molecular formula is C20H18BrF3N2O2. The molecule has 2 aromatic carbocycles. The van der Waals surface area contributed by atoms with Gasteiger partial charge >= 0.3 is 6.18 Å². The highest BCUT2D eigenvalue weighted by molar-refractivity contribution is 9.10. The smallest absolute Gasteiger partial charge is 0.394 e. The van der Waals surface area contributed by atoms with Crippen LogP contribution in [0.5, 0.6) is 0 Å². The molecule has 0 spiro atoms. The summed E-state index contributed by atoms with van der Waals surface area (Å²) in [5.74, 6) is -0.531. The third-order valence-electron chi connectivity index (χ3n) is 4.74. The van der Waals surface area contributed by atoms with Crippen molar-refractivity contribution in [3.8, 4) is 0 Å². The summed E-state index contributed by atoms with van der Waals surface area (Å²) in [6.07, 6.45) is -4.52. The second kappa shape index (κ2) is 7.25. The molecule has 0 radical (unpaired) electrons. The summed E-state index contributed by atoms with van der Waals surface area (Å²) in [4.78, 5) is 15.8. The number of halogens is 4. The SMILES string of the molecule is Cc1ccc(Br)c2[nH]c(C(=O)NC(C)(CO)c3cccc(C(F)(F)F)c3)cc12. The number of aromatic amines is 1. The topological polar surface area (TPSA) is 65.1 Å². The molecule has 28 heavy (non-hydrogen) atoms. The van der Waals surface area contributed by atoms with Crippen molar-refractivity contribution in [3.05, 3.63) is 69.3 Å². The summed E-state index contributed by atoms with van der Waals surface area (Å²) >= 11 is 3.42. The average molecular weight is 455 g/mol. The summed E-state index contributed by atoms with van der Waals surface area (Å²) in [7, 11) is 0. The maximum atomic E-state index is 13.0. The molecule has 0 fully saturated rings. The van der Waals surface area contributed by atoms with Gasteiger partial charge in [-0.25, -0.2) is 0 Å². The lowest BCUT2D eigenvalue weighted by Crippen LogP contribution is -2.46. The summed E-state index contributed by atoms with van der Waals surface area (Å²) in [5.41, 5.74) is -0.111. The minimum atomic E-state index is -4.52. The third-order valence-corrected chi connectivity index (χ3v) is 5.40. The zero-order chi connectivity index (χ0) is 20.7. The Kier molecular flexibility index (Phi) is 5.29. The quantitative estimate of drug-likeness (QED) is 0.525. The molecular weight excluding hydrogens is 437 g/mol. The molecule has 4 nitrogen and oxygen atoms in total. The number of carbonyl (C=O) groups excluding carboxylic acids is 1. The highest BCUT2D eigenvalue weighted by Gasteiger charge is 2.34. The van der Waals surface area contributed by atoms with E-state index in [0.29, 0.717) is 0 Å². The maximum absolute atomic E-state index is 13.0. The van der Waals surface area contributed by atoms with Gasteiger partial charge < -0.3 is 15.4 Å². The van der Waals surface area contributed by atoms with Crippen molar-refractivity contribution >= 4 is 32.7 Å². The predicted octanol–water partition coefficient (Wildman–Crippen LogP) is 4.90. The Morgan fingerprint density at radius 1 is 1.18 bits per heavy atom. The van der Waals surface area contributed by atoms with Crippen LogP contribution in [0.1, 0.15) is 34.1 Å². The number of H-pyrrole nitrogens is 1. The zero-order valence-corrected chi connectivity index (χ0v) is 16.7. The zero-order valence-electron chi connectivity index (χ0n) is 15.1. The van der Waals surface area contributed by atoms with Crippen LogP contribution in [0.15, 0.2) is 46.9 Å². The summed E-state index contributed by atoms with van der Waals surface area (Å²) < 4.78 is 39.9. The van der Waals surface area contributed by atoms with Crippen molar-refractivity contribution in [1.29, 1.82) is 0 Å². The van der Waals surface area contributed by atoms with Gasteiger partial charge in [0.25, 0.3) is 5.91 Å². The normalized spacial score (nSPS) is 14.1. The highest BCUT2D eigenvalue weighted by Crippen LogP contribution is 2.32. The molecule has 148 valence electrons. The monoisotopic (exact) mass is 454 g/mol. The minimum absolute atomic E-state index is 0.159. The molecule has 3 rings (SSSR count). The van der Waals surface area contributed by atoms with E-state index in [1.165, 1.54) is 19.1 Å². The van der Waals surface area contributed by atoms with Gasteiger partial charge in [0.1, 0.15) is 5.69 Å². The number of fused-ring (bicyclic) bond motifs is 1. The Morgan fingerprint density at radius 3 is 2.46 bits per heavy atom. The van der Waals surface area contributed by atoms with Gasteiger partial charge in [0.2, 0.25) is 0 Å². The number of aliphatic hydroxyl groups excluding tert-OH is 1. The number of alkyl halides is 3. The van der Waals surface area contributed by atoms with Gasteiger partial charge in [0.05, 0.1) is 23.2 Å². The van der Waals surface area contributed by atoms with Gasteiger partial charge in [0, 0.05) is 9.86 Å². The molecule has 1 amide bonds. The molecule has 1 aromatic heterocycles. The standard InChI is InChI=1S/C20H18BrF3N2O2/c1-11-6-7-15(21)17-14(11)9-16(25-17)18(28)26-19(2,10-27)12-4-3-5-13(8-12)20(22,23)24/h3-9,25,27H,10H2,1-2H3,(H,26,28). The van der Waals surface area contributed by atoms with E-state index in [-0.39, 0.29) is 11.3 Å². The molecule has 3 N–H and O–H groups in total. The predicted molar refractivity (Wildman–Crippen MR) is 104 cm³/mol. The fourth-order valence-corrected chi connectivity index (χ4v) is 3.45. The number of aromatic nitrogens is 1. The van der Waals surface area contributed by atoms with Crippen molar-refractivity contribution in [2.24, 2.45) is 0 Å². The first-order valence-electron chi connectivity index (χ1n) is 8.44. The van der Waals surface area contributed by atoms with E-state index in [1.807, 2.05) is 19.1 Å². The van der Waals surface area contributed by atoms with E-state index in [9.17, 15) is 23.1 Å². The number of aliphatic hydroxyl groups is 1. The molecule has 0 saturated heterocycles. The van der Waals surface area contributed by atoms with Gasteiger partial charge in [-0.15, -0.1) is 0 Å². The van der Waals surface area contributed by atoms with Crippen LogP contribution in [-0.4, -0.2) is 22.6 Å². The Morgan fingerprint density at radius 2 is 1.86 bits per heavy atom. The van der Waals surface area contributed by atoms with E-state index in [0.717, 1.165) is 33.1 Å². The highest BCUT2D eigenvalue weighted by atomic mass is 79.9. The van der Waals surface area contributed by atoms with Gasteiger partial charge in [-0.3, -0.25) is 4.79 Å². The lowest BCUT2D eigenvalue weighted by atomic mass is 9.91. The van der Waals surface area contributed by atoms with E-state index in [2.05, 4.69) is 26.2 Å². The molecule has 8 heteroatoms. The fraction of sp³-hybridized carbons (Fsp3) is 0.250. The molecule has 0 aliphatic heterocycles. The van der Waals surface area contributed by atoms with Crippen LogP contribution in [0.25, 0.3) is 10.9 Å². The van der Waals surface area contributed by atoms with Crippen LogP contribution in [-0.2, 0) is 11.7 Å². The number of hydrogen-bond donors (Lipinski definition) is 3. The van der Waals surface area contributed by atoms with Gasteiger partial charge in [-0.2, -0.15) is 13.2 Å². The Labute approximate surface area is 167 Å². The Bertz CT molecular complexity index is 1010. The number of amides is 1. The minimum Gasteiger partial charge on any atom is -0.394 e. The third kappa shape index (κ3) is 3.79. The maximum Gasteiger partial charge on any atom is 0.416 e. The van der Waals surface area contributed by atoms with Gasteiger partial charge in [-0.05, 0) is 65.2 Å². The van der Waals surface area contributed by atoms with Crippen LogP contribution in [0.2, 0.25) is 0 Å². The lowest BCUT2D eigenvalue weighted by Gasteiger charge is -2.29. The summed E-state index contributed by atoms with van der Waals surface area (Å²) in [6.45, 7) is 2.82. The van der Waals surface area contributed by atoms with Crippen LogP contribution in [0.4, 0.5) is 13.2 Å². The number of carbonyl (C=O) groups is 1. The first-order chi connectivity index (χ1) is 13.0. The molecule has 0 saturated carbocycles. The van der Waals surface area contributed by atoms with Crippen molar-refractivity contribution in [3.63, 3.8) is 0 Å². The largest absolute Gasteiger partial charge is 0.416 e. The molecule has 0 aliphatic carbocycles. The molecule has 0 aliphatic rings. The number of aryl methyl sites for hydroxylation is 1. The lowest BCUT2D eigenvalue weighted by molar-refractivity contribution is -0.137. The molecule has 0 bridgehead atoms. The summed E-state index contributed by atoms with van der Waals surface area (Å²) in [6, 6.07) is 10.0. The van der Waals surface area contributed by atoms with Gasteiger partial charge in [0.15, 0.2) is 0 Å². The van der Waals surface area contributed by atoms with Crippen molar-refractivity contribution in [1.82, 2.24) is 10.3 Å². The Balaban J connectivity index is 1.95. The molecule has 1 unspecified atom stereocenters. The van der Waals surface area contributed by atoms with Gasteiger partial charge in [-0.1, -0.05) is 18.2 Å². The molecule has 1 atom stereocenters. The van der Waals surface area contributed by atoms with E-state index < -0.39 is 29.8 Å². The molecule has 1 heterocycles. The fourth-order valence-electron chi connectivity index (χ4n) is 3.01. The second-order valence-electron chi connectivity index (χ2n) is 6.86. The number of nitrogens with one attached hydrogen (secondary N) is 2. The van der Waals surface area contributed by atoms with Crippen LogP contribution in [0, 0.1) is 6.92 Å². The second-order valence-corrected chi connectivity index (χ2v) is 7.71. The number of hydrogen-bond acceptors (Lipinski definition) is 2. The first kappa shape index (κ1) is 20.4. The Hall–Kier alpha value is -2.32. The number of rotatable bonds is 4. The van der Waals surface area contributed by atoms with Crippen LogP contribution in [0.3, 0.4) is 0 Å². The van der Waals surface area contributed by atoms with E-state index in [4.69, 9.17) is 0 Å². The van der Waals surface area contributed by atoms with Crippen molar-refractivity contribution in [2.45, 2.75) is 25.6 Å². The van der Waals surface area contributed by atoms with Crippen LogP contribution < -0.4 is 5.32 Å². The van der Waals surface area contributed by atoms with Crippen molar-refractivity contribution in [2.75, 3.05) is 6.61 Å². The first-order valence-corrected chi connectivity index (χ1v) is 9.23. The molecule has 3 aromatic rings. The van der Waals surface area contributed by atoms with E-state index in [1.54, 1.807) is 6.07 Å². The number of benzene rings is 2. The summed E-state index contributed by atoms with van der Waals surface area (Å²) in [5, 5.41) is 13.3. The van der Waals surface area contributed by atoms with Crippen molar-refractivity contribution < 1.29 is 23.1 Å².